The molecule has 0 amide bonds. The zero-order valence-corrected chi connectivity index (χ0v) is 12.2. The molecule has 0 aromatic heterocycles. The van der Waals surface area contributed by atoms with Crippen molar-refractivity contribution in [3.63, 3.8) is 0 Å². The Morgan fingerprint density at radius 2 is 1.67 bits per heavy atom. The van der Waals surface area contributed by atoms with E-state index in [9.17, 15) is 4.57 Å². The van der Waals surface area contributed by atoms with Gasteiger partial charge in [0.1, 0.15) is 0 Å². The quantitative estimate of drug-likeness (QED) is 0.558. The maximum atomic E-state index is 12.1. The summed E-state index contributed by atoms with van der Waals surface area (Å²) in [6, 6.07) is 0. The molecule has 1 fully saturated rings. The van der Waals surface area contributed by atoms with Crippen LogP contribution in [0.2, 0.25) is 19.6 Å². The van der Waals surface area contributed by atoms with Crippen LogP contribution in [-0.2, 0) is 13.3 Å². The average molecular weight is 250 g/mol. The van der Waals surface area contributed by atoms with E-state index in [0.29, 0.717) is 0 Å². The van der Waals surface area contributed by atoms with E-state index in [2.05, 4.69) is 0 Å². The van der Waals surface area contributed by atoms with Gasteiger partial charge in [-0.2, -0.15) is 0 Å². The Hall–Kier alpha value is 0.367. The Labute approximate surface area is 94.2 Å². The highest BCUT2D eigenvalue weighted by Gasteiger charge is 2.30. The molecule has 3 nitrogen and oxygen atoms in total. The summed E-state index contributed by atoms with van der Waals surface area (Å²) in [5.74, 6) is 0. The predicted octanol–water partition coefficient (Wildman–Crippen LogP) is 4.01. The summed E-state index contributed by atoms with van der Waals surface area (Å²) < 4.78 is 23.3. The van der Waals surface area contributed by atoms with Gasteiger partial charge in [0.15, 0.2) is 8.32 Å². The fraction of sp³-hybridized carbons (Fsp3) is 1.00. The van der Waals surface area contributed by atoms with Crippen LogP contribution in [0, 0.1) is 0 Å². The van der Waals surface area contributed by atoms with E-state index in [0.717, 1.165) is 12.8 Å². The Balaban J connectivity index is 2.44. The van der Waals surface area contributed by atoms with Gasteiger partial charge in [0.25, 0.3) is 0 Å². The van der Waals surface area contributed by atoms with E-state index >= 15 is 0 Å². The summed E-state index contributed by atoms with van der Waals surface area (Å²) in [5.41, 5.74) is 0. The number of hydrogen-bond acceptors (Lipinski definition) is 3. The molecule has 90 valence electrons. The first kappa shape index (κ1) is 13.4. The molecule has 1 atom stereocenters. The number of rotatable bonds is 4. The lowest BCUT2D eigenvalue weighted by Crippen LogP contribution is -2.25. The van der Waals surface area contributed by atoms with Crippen molar-refractivity contribution in [3.8, 4) is 0 Å². The van der Waals surface area contributed by atoms with Gasteiger partial charge in [-0.15, -0.1) is 0 Å². The van der Waals surface area contributed by atoms with Crippen LogP contribution < -0.4 is 0 Å². The third-order valence-corrected chi connectivity index (χ3v) is 6.53. The van der Waals surface area contributed by atoms with Crippen LogP contribution in [0.5, 0.6) is 0 Å². The van der Waals surface area contributed by atoms with E-state index in [1.807, 2.05) is 19.6 Å². The van der Waals surface area contributed by atoms with Crippen molar-refractivity contribution in [2.45, 2.75) is 57.8 Å². The molecule has 0 bridgehead atoms. The number of hydrogen-bond donors (Lipinski definition) is 0. The van der Waals surface area contributed by atoms with Crippen molar-refractivity contribution < 1.29 is 13.3 Å². The van der Waals surface area contributed by atoms with Gasteiger partial charge in [-0.1, -0.05) is 19.3 Å². The second-order valence-electron chi connectivity index (χ2n) is 5.34. The maximum absolute atomic E-state index is 12.1. The van der Waals surface area contributed by atoms with E-state index in [1.54, 1.807) is 6.66 Å². The van der Waals surface area contributed by atoms with Crippen LogP contribution in [0.4, 0.5) is 0 Å². The van der Waals surface area contributed by atoms with Crippen LogP contribution in [0.1, 0.15) is 32.1 Å². The SMILES string of the molecule is C[Si](C)(C)OP(C)(=O)OC1CCCCC1. The Kier molecular flexibility index (Phi) is 4.59. The molecule has 1 aliphatic rings. The van der Waals surface area contributed by atoms with Gasteiger partial charge in [0.2, 0.25) is 0 Å². The second kappa shape index (κ2) is 5.13. The van der Waals surface area contributed by atoms with Gasteiger partial charge >= 0.3 is 7.60 Å². The fourth-order valence-corrected chi connectivity index (χ4v) is 6.86. The minimum absolute atomic E-state index is 0.158. The Morgan fingerprint density at radius 3 is 2.13 bits per heavy atom. The highest BCUT2D eigenvalue weighted by molar-refractivity contribution is 7.54. The van der Waals surface area contributed by atoms with Gasteiger partial charge in [-0.25, -0.2) is 0 Å². The Bertz CT molecular complexity index is 244. The largest absolute Gasteiger partial charge is 0.351 e. The minimum atomic E-state index is -2.82. The van der Waals surface area contributed by atoms with Gasteiger partial charge < -0.3 is 8.74 Å². The van der Waals surface area contributed by atoms with Gasteiger partial charge in [-0.3, -0.25) is 4.57 Å². The molecule has 0 heterocycles. The smallest absolute Gasteiger partial charge is 0.318 e. The molecule has 0 aliphatic heterocycles. The van der Waals surface area contributed by atoms with Gasteiger partial charge in [-0.05, 0) is 32.5 Å². The van der Waals surface area contributed by atoms with Crippen molar-refractivity contribution in [2.75, 3.05) is 6.66 Å². The third kappa shape index (κ3) is 5.86. The lowest BCUT2D eigenvalue weighted by atomic mass is 9.98. The summed E-state index contributed by atoms with van der Waals surface area (Å²) >= 11 is 0. The normalized spacial score (nSPS) is 23.7. The highest BCUT2D eigenvalue weighted by atomic mass is 31.2. The first-order valence-corrected chi connectivity index (χ1v) is 11.1. The lowest BCUT2D eigenvalue weighted by Gasteiger charge is -2.29. The van der Waals surface area contributed by atoms with E-state index in [1.165, 1.54) is 19.3 Å². The zero-order valence-electron chi connectivity index (χ0n) is 10.3. The van der Waals surface area contributed by atoms with Gasteiger partial charge in [0.05, 0.1) is 6.10 Å². The summed E-state index contributed by atoms with van der Waals surface area (Å²) in [5, 5.41) is 0. The standard InChI is InChI=1S/C10H23O3PSi/c1-14(11,13-15(2,3)4)12-10-8-6-5-7-9-10/h10H,5-9H2,1-4H3. The molecular formula is C10H23O3PSi. The monoisotopic (exact) mass is 250 g/mol. The molecule has 0 N–H and O–H groups in total. The molecule has 1 aliphatic carbocycles. The Morgan fingerprint density at radius 1 is 1.13 bits per heavy atom. The first-order valence-electron chi connectivity index (χ1n) is 5.75. The molecule has 1 rings (SSSR count). The molecule has 0 saturated heterocycles. The molecule has 0 spiro atoms. The summed E-state index contributed by atoms with van der Waals surface area (Å²) in [6.07, 6.45) is 5.89. The molecule has 5 heteroatoms. The summed E-state index contributed by atoms with van der Waals surface area (Å²) in [6.45, 7) is 7.72. The zero-order chi connectivity index (χ0) is 11.5. The van der Waals surface area contributed by atoms with Crippen molar-refractivity contribution in [1.82, 2.24) is 0 Å². The van der Waals surface area contributed by atoms with Crippen molar-refractivity contribution in [3.05, 3.63) is 0 Å². The summed E-state index contributed by atoms with van der Waals surface area (Å²) in [7, 11) is -4.59. The van der Waals surface area contributed by atoms with Gasteiger partial charge in [0, 0.05) is 6.66 Å². The van der Waals surface area contributed by atoms with Crippen molar-refractivity contribution >= 4 is 15.9 Å². The predicted molar refractivity (Wildman–Crippen MR) is 65.9 cm³/mol. The molecule has 0 aromatic rings. The molecule has 1 unspecified atom stereocenters. The van der Waals surface area contributed by atoms with Crippen LogP contribution in [0.25, 0.3) is 0 Å². The van der Waals surface area contributed by atoms with E-state index < -0.39 is 15.9 Å². The molecule has 15 heavy (non-hydrogen) atoms. The van der Waals surface area contributed by atoms with Crippen LogP contribution in [-0.4, -0.2) is 21.1 Å². The molecule has 0 aromatic carbocycles. The van der Waals surface area contributed by atoms with E-state index in [4.69, 9.17) is 8.74 Å². The summed E-state index contributed by atoms with van der Waals surface area (Å²) in [4.78, 5) is 0. The van der Waals surface area contributed by atoms with E-state index in [-0.39, 0.29) is 6.10 Å². The highest BCUT2D eigenvalue weighted by Crippen LogP contribution is 2.49. The lowest BCUT2D eigenvalue weighted by molar-refractivity contribution is 0.139. The maximum Gasteiger partial charge on any atom is 0.318 e. The average Bonchev–Trinajstić information content (AvgIpc) is 1.99. The van der Waals surface area contributed by atoms with Crippen LogP contribution >= 0.6 is 7.60 Å². The van der Waals surface area contributed by atoms with Crippen molar-refractivity contribution in [1.29, 1.82) is 0 Å². The fourth-order valence-electron chi connectivity index (χ4n) is 1.96. The van der Waals surface area contributed by atoms with Crippen molar-refractivity contribution in [2.24, 2.45) is 0 Å². The first-order chi connectivity index (χ1) is 6.79. The second-order valence-corrected chi connectivity index (χ2v) is 12.0. The molecule has 1 saturated carbocycles. The topological polar surface area (TPSA) is 35.5 Å². The molecular weight excluding hydrogens is 227 g/mol. The van der Waals surface area contributed by atoms with Crippen LogP contribution in [0.3, 0.4) is 0 Å². The molecule has 0 radical (unpaired) electrons. The minimum Gasteiger partial charge on any atom is -0.351 e. The third-order valence-electron chi connectivity index (χ3n) is 2.33. The van der Waals surface area contributed by atoms with Crippen LogP contribution in [0.15, 0.2) is 0 Å².